The van der Waals surface area contributed by atoms with Crippen LogP contribution in [-0.2, 0) is 6.42 Å². The molecule has 0 fully saturated rings. The average Bonchev–Trinajstić information content (AvgIpc) is 2.64. The zero-order chi connectivity index (χ0) is 7.97. The first-order valence-electron chi connectivity index (χ1n) is 4.16. The van der Waals surface area contributed by atoms with Gasteiger partial charge in [-0.2, -0.15) is 0 Å². The van der Waals surface area contributed by atoms with Crippen molar-refractivity contribution in [2.45, 2.75) is 6.42 Å². The minimum absolute atomic E-state index is 0.839. The lowest BCUT2D eigenvalue weighted by Crippen LogP contribution is -1.85. The number of aromatic amines is 1. The molecular formula is C10H9NO. The highest BCUT2D eigenvalue weighted by Gasteiger charge is 2.12. The summed E-state index contributed by atoms with van der Waals surface area (Å²) >= 11 is 0. The zero-order valence-corrected chi connectivity index (χ0v) is 6.63. The van der Waals surface area contributed by atoms with E-state index >= 15 is 0 Å². The van der Waals surface area contributed by atoms with E-state index in [9.17, 15) is 0 Å². The van der Waals surface area contributed by atoms with Gasteiger partial charge in [0, 0.05) is 24.2 Å². The van der Waals surface area contributed by atoms with Crippen LogP contribution >= 0.6 is 0 Å². The Kier molecular flexibility index (Phi) is 1.04. The molecule has 0 bridgehead atoms. The van der Waals surface area contributed by atoms with E-state index in [1.54, 1.807) is 0 Å². The van der Waals surface area contributed by atoms with E-state index in [2.05, 4.69) is 17.1 Å². The van der Waals surface area contributed by atoms with E-state index in [4.69, 9.17) is 4.74 Å². The number of rotatable bonds is 0. The van der Waals surface area contributed by atoms with Crippen LogP contribution < -0.4 is 4.74 Å². The minimum Gasteiger partial charge on any atom is -0.493 e. The minimum atomic E-state index is 0.839. The molecular weight excluding hydrogens is 150 g/mol. The number of nitrogens with one attached hydrogen (secondary N) is 1. The lowest BCUT2D eigenvalue weighted by molar-refractivity contribution is 0.357. The summed E-state index contributed by atoms with van der Waals surface area (Å²) in [7, 11) is 0. The van der Waals surface area contributed by atoms with E-state index in [0.717, 1.165) is 18.8 Å². The van der Waals surface area contributed by atoms with Crippen LogP contribution in [0.3, 0.4) is 0 Å². The first-order valence-corrected chi connectivity index (χ1v) is 4.16. The third-order valence-corrected chi connectivity index (χ3v) is 2.37. The number of fused-ring (bicyclic) bond motifs is 2. The summed E-state index contributed by atoms with van der Waals surface area (Å²) in [5.74, 6) is 1.06. The summed E-state index contributed by atoms with van der Waals surface area (Å²) in [5, 5.41) is 2.51. The van der Waals surface area contributed by atoms with Gasteiger partial charge >= 0.3 is 0 Å². The van der Waals surface area contributed by atoms with E-state index in [1.807, 2.05) is 12.4 Å². The highest BCUT2D eigenvalue weighted by Crippen LogP contribution is 2.29. The van der Waals surface area contributed by atoms with Crippen molar-refractivity contribution < 1.29 is 4.74 Å². The molecule has 0 atom stereocenters. The second-order valence-electron chi connectivity index (χ2n) is 3.14. The highest BCUT2D eigenvalue weighted by atomic mass is 16.5. The molecule has 0 saturated carbocycles. The van der Waals surface area contributed by atoms with Gasteiger partial charge in [0.25, 0.3) is 0 Å². The molecule has 12 heavy (non-hydrogen) atoms. The molecule has 2 nitrogen and oxygen atoms in total. The summed E-state index contributed by atoms with van der Waals surface area (Å²) in [6.07, 6.45) is 5.07. The predicted octanol–water partition coefficient (Wildman–Crippen LogP) is 2.10. The lowest BCUT2D eigenvalue weighted by Gasteiger charge is -1.97. The Labute approximate surface area is 70.2 Å². The molecule has 1 aromatic heterocycles. The molecule has 3 rings (SSSR count). The normalized spacial score (nSPS) is 14.7. The smallest absolute Gasteiger partial charge is 0.123 e. The molecule has 60 valence electrons. The first-order chi connectivity index (χ1) is 5.93. The standard InChI is InChI=1S/C10H9NO/c1-2-12-10-4-9-6-11-5-8(9)3-7(1)10/h3-6,11H,1-2H2. The maximum atomic E-state index is 5.46. The molecule has 1 aliphatic rings. The largest absolute Gasteiger partial charge is 0.493 e. The van der Waals surface area contributed by atoms with Crippen LogP contribution in [0.4, 0.5) is 0 Å². The van der Waals surface area contributed by atoms with Crippen molar-refractivity contribution in [2.24, 2.45) is 0 Å². The van der Waals surface area contributed by atoms with Gasteiger partial charge in [-0.25, -0.2) is 0 Å². The second-order valence-corrected chi connectivity index (χ2v) is 3.14. The Morgan fingerprint density at radius 1 is 1.17 bits per heavy atom. The quantitative estimate of drug-likeness (QED) is 0.625. The number of benzene rings is 1. The summed E-state index contributed by atoms with van der Waals surface area (Å²) in [4.78, 5) is 3.08. The Morgan fingerprint density at radius 2 is 2.00 bits per heavy atom. The topological polar surface area (TPSA) is 25.0 Å². The second kappa shape index (κ2) is 2.03. The lowest BCUT2D eigenvalue weighted by atomic mass is 10.1. The Hall–Kier alpha value is -1.44. The van der Waals surface area contributed by atoms with Crippen molar-refractivity contribution in [1.82, 2.24) is 4.98 Å². The Balaban J connectivity index is 2.38. The molecule has 0 unspecified atom stereocenters. The van der Waals surface area contributed by atoms with Crippen LogP contribution in [0.5, 0.6) is 5.75 Å². The van der Waals surface area contributed by atoms with Gasteiger partial charge < -0.3 is 9.72 Å². The van der Waals surface area contributed by atoms with Gasteiger partial charge in [0.2, 0.25) is 0 Å². The molecule has 2 heterocycles. The monoisotopic (exact) mass is 159 g/mol. The van der Waals surface area contributed by atoms with Crippen molar-refractivity contribution in [3.8, 4) is 5.75 Å². The molecule has 2 heteroatoms. The van der Waals surface area contributed by atoms with Gasteiger partial charge in [-0.3, -0.25) is 0 Å². The van der Waals surface area contributed by atoms with Crippen LogP contribution in [0.25, 0.3) is 10.8 Å². The van der Waals surface area contributed by atoms with Gasteiger partial charge in [-0.15, -0.1) is 0 Å². The third kappa shape index (κ3) is 0.694. The van der Waals surface area contributed by atoms with E-state index in [-0.39, 0.29) is 0 Å². The van der Waals surface area contributed by atoms with Crippen molar-refractivity contribution in [1.29, 1.82) is 0 Å². The summed E-state index contributed by atoms with van der Waals surface area (Å²) < 4.78 is 5.46. The highest BCUT2D eigenvalue weighted by molar-refractivity contribution is 5.84. The van der Waals surface area contributed by atoms with Gasteiger partial charge in [-0.05, 0) is 23.1 Å². The summed E-state index contributed by atoms with van der Waals surface area (Å²) in [6, 6.07) is 4.31. The van der Waals surface area contributed by atoms with Gasteiger partial charge in [-0.1, -0.05) is 0 Å². The van der Waals surface area contributed by atoms with Gasteiger partial charge in [0.05, 0.1) is 6.61 Å². The van der Waals surface area contributed by atoms with Crippen molar-refractivity contribution >= 4 is 10.8 Å². The maximum absolute atomic E-state index is 5.46. The fourth-order valence-electron chi connectivity index (χ4n) is 1.73. The van der Waals surface area contributed by atoms with Gasteiger partial charge in [0.1, 0.15) is 5.75 Å². The molecule has 0 aliphatic carbocycles. The maximum Gasteiger partial charge on any atom is 0.123 e. The van der Waals surface area contributed by atoms with Crippen molar-refractivity contribution in [3.63, 3.8) is 0 Å². The molecule has 2 aromatic rings. The Morgan fingerprint density at radius 3 is 2.92 bits per heavy atom. The molecule has 1 aromatic carbocycles. The van der Waals surface area contributed by atoms with Crippen LogP contribution in [-0.4, -0.2) is 11.6 Å². The fourth-order valence-corrected chi connectivity index (χ4v) is 1.73. The number of hydrogen-bond acceptors (Lipinski definition) is 1. The van der Waals surface area contributed by atoms with E-state index < -0.39 is 0 Å². The SMILES string of the molecule is c1[nH]cc2cc3c(cc12)CCO3. The van der Waals surface area contributed by atoms with Crippen molar-refractivity contribution in [2.75, 3.05) is 6.61 Å². The third-order valence-electron chi connectivity index (χ3n) is 2.37. The molecule has 1 N–H and O–H groups in total. The summed E-state index contributed by atoms with van der Waals surface area (Å²) in [6.45, 7) is 0.839. The van der Waals surface area contributed by atoms with E-state index in [1.165, 1.54) is 16.3 Å². The number of aromatic nitrogens is 1. The van der Waals surface area contributed by atoms with Crippen LogP contribution in [0.1, 0.15) is 5.56 Å². The number of H-pyrrole nitrogens is 1. The average molecular weight is 159 g/mol. The summed E-state index contributed by atoms with van der Waals surface area (Å²) in [5.41, 5.74) is 1.34. The van der Waals surface area contributed by atoms with Gasteiger partial charge in [0.15, 0.2) is 0 Å². The van der Waals surface area contributed by atoms with Crippen LogP contribution in [0.15, 0.2) is 24.5 Å². The molecule has 0 radical (unpaired) electrons. The number of ether oxygens (including phenoxy) is 1. The van der Waals surface area contributed by atoms with Crippen molar-refractivity contribution in [3.05, 3.63) is 30.1 Å². The van der Waals surface area contributed by atoms with Crippen LogP contribution in [0, 0.1) is 0 Å². The molecule has 0 saturated heterocycles. The molecule has 0 amide bonds. The Bertz CT molecular complexity index is 392. The molecule has 0 spiro atoms. The molecule has 1 aliphatic heterocycles. The van der Waals surface area contributed by atoms with Crippen LogP contribution in [0.2, 0.25) is 0 Å². The predicted molar refractivity (Wildman–Crippen MR) is 47.5 cm³/mol. The van der Waals surface area contributed by atoms with E-state index in [0.29, 0.717) is 0 Å². The number of hydrogen-bond donors (Lipinski definition) is 1. The fraction of sp³-hybridized carbons (Fsp3) is 0.200. The first kappa shape index (κ1) is 6.12. The zero-order valence-electron chi connectivity index (χ0n) is 6.63.